The fourth-order valence-electron chi connectivity index (χ4n) is 2.35. The third-order valence-electron chi connectivity index (χ3n) is 3.53. The van der Waals surface area contributed by atoms with Crippen LogP contribution in [0.3, 0.4) is 0 Å². The SMILES string of the molecule is CCC(N)Cn1c(-c2ccncc2)nc2ccccc21. The Labute approximate surface area is 118 Å². The number of pyridine rings is 1. The van der Waals surface area contributed by atoms with Crippen molar-refractivity contribution in [1.82, 2.24) is 14.5 Å². The molecule has 4 nitrogen and oxygen atoms in total. The van der Waals surface area contributed by atoms with Crippen LogP contribution in [0.1, 0.15) is 13.3 Å². The molecule has 0 amide bonds. The van der Waals surface area contributed by atoms with Crippen molar-refractivity contribution in [1.29, 1.82) is 0 Å². The van der Waals surface area contributed by atoms with E-state index in [9.17, 15) is 0 Å². The summed E-state index contributed by atoms with van der Waals surface area (Å²) in [6.07, 6.45) is 4.53. The minimum absolute atomic E-state index is 0.133. The second-order valence-corrected chi connectivity index (χ2v) is 4.94. The van der Waals surface area contributed by atoms with E-state index in [-0.39, 0.29) is 6.04 Å². The molecule has 1 unspecified atom stereocenters. The number of aromatic nitrogens is 3. The van der Waals surface area contributed by atoms with Gasteiger partial charge in [0, 0.05) is 30.5 Å². The fraction of sp³-hybridized carbons (Fsp3) is 0.250. The van der Waals surface area contributed by atoms with E-state index in [1.165, 1.54) is 0 Å². The highest BCUT2D eigenvalue weighted by Gasteiger charge is 2.13. The van der Waals surface area contributed by atoms with Gasteiger partial charge in [0.2, 0.25) is 0 Å². The number of hydrogen-bond donors (Lipinski definition) is 1. The molecule has 2 N–H and O–H groups in total. The lowest BCUT2D eigenvalue weighted by molar-refractivity contribution is 0.551. The molecule has 0 bridgehead atoms. The molecule has 0 radical (unpaired) electrons. The van der Waals surface area contributed by atoms with Crippen LogP contribution in [0.25, 0.3) is 22.4 Å². The first-order chi connectivity index (χ1) is 9.79. The summed E-state index contributed by atoms with van der Waals surface area (Å²) in [5.74, 6) is 0.956. The van der Waals surface area contributed by atoms with Gasteiger partial charge in [0.25, 0.3) is 0 Å². The van der Waals surface area contributed by atoms with Gasteiger partial charge in [-0.05, 0) is 30.7 Å². The van der Waals surface area contributed by atoms with Gasteiger partial charge in [0.15, 0.2) is 0 Å². The zero-order chi connectivity index (χ0) is 13.9. The van der Waals surface area contributed by atoms with Gasteiger partial charge in [-0.25, -0.2) is 4.98 Å². The number of imidazole rings is 1. The lowest BCUT2D eigenvalue weighted by Crippen LogP contribution is -2.25. The molecule has 4 heteroatoms. The molecule has 1 aromatic carbocycles. The molecule has 0 aliphatic heterocycles. The van der Waals surface area contributed by atoms with Gasteiger partial charge < -0.3 is 10.3 Å². The zero-order valence-electron chi connectivity index (χ0n) is 11.5. The first-order valence-corrected chi connectivity index (χ1v) is 6.91. The van der Waals surface area contributed by atoms with Crippen LogP contribution in [-0.4, -0.2) is 20.6 Å². The van der Waals surface area contributed by atoms with E-state index in [4.69, 9.17) is 10.7 Å². The Morgan fingerprint density at radius 1 is 1.15 bits per heavy atom. The van der Waals surface area contributed by atoms with Crippen molar-refractivity contribution >= 4 is 11.0 Å². The Bertz CT molecular complexity index is 703. The maximum absolute atomic E-state index is 6.14. The van der Waals surface area contributed by atoms with Crippen molar-refractivity contribution in [3.05, 3.63) is 48.8 Å². The van der Waals surface area contributed by atoms with Gasteiger partial charge in [-0.1, -0.05) is 19.1 Å². The van der Waals surface area contributed by atoms with E-state index >= 15 is 0 Å². The van der Waals surface area contributed by atoms with Crippen molar-refractivity contribution in [3.63, 3.8) is 0 Å². The number of fused-ring (bicyclic) bond motifs is 1. The Balaban J connectivity index is 2.17. The summed E-state index contributed by atoms with van der Waals surface area (Å²) in [6, 6.07) is 12.3. The average Bonchev–Trinajstić information content (AvgIpc) is 2.87. The van der Waals surface area contributed by atoms with Crippen molar-refractivity contribution in [2.75, 3.05) is 0 Å². The predicted molar refractivity (Wildman–Crippen MR) is 81.2 cm³/mol. The number of benzene rings is 1. The summed E-state index contributed by atoms with van der Waals surface area (Å²) in [6.45, 7) is 2.88. The minimum atomic E-state index is 0.133. The van der Waals surface area contributed by atoms with Crippen LogP contribution in [-0.2, 0) is 6.54 Å². The molecular weight excluding hydrogens is 248 g/mol. The molecule has 20 heavy (non-hydrogen) atoms. The lowest BCUT2D eigenvalue weighted by Gasteiger charge is -2.13. The quantitative estimate of drug-likeness (QED) is 0.790. The highest BCUT2D eigenvalue weighted by molar-refractivity contribution is 5.80. The Kier molecular flexibility index (Phi) is 3.48. The Morgan fingerprint density at radius 2 is 1.90 bits per heavy atom. The van der Waals surface area contributed by atoms with E-state index in [1.807, 2.05) is 30.3 Å². The van der Waals surface area contributed by atoms with Gasteiger partial charge >= 0.3 is 0 Å². The second-order valence-electron chi connectivity index (χ2n) is 4.94. The molecule has 0 saturated carbocycles. The van der Waals surface area contributed by atoms with Crippen molar-refractivity contribution in [2.24, 2.45) is 5.73 Å². The highest BCUT2D eigenvalue weighted by atomic mass is 15.1. The molecule has 0 aliphatic rings. The molecule has 3 rings (SSSR count). The van der Waals surface area contributed by atoms with Gasteiger partial charge in [-0.2, -0.15) is 0 Å². The van der Waals surface area contributed by atoms with Crippen LogP contribution in [0.5, 0.6) is 0 Å². The van der Waals surface area contributed by atoms with E-state index in [0.717, 1.165) is 35.4 Å². The summed E-state index contributed by atoms with van der Waals surface area (Å²) >= 11 is 0. The van der Waals surface area contributed by atoms with Crippen molar-refractivity contribution in [2.45, 2.75) is 25.9 Å². The smallest absolute Gasteiger partial charge is 0.141 e. The lowest BCUT2D eigenvalue weighted by atomic mass is 10.2. The number of para-hydroxylation sites is 2. The van der Waals surface area contributed by atoms with Crippen LogP contribution in [0.15, 0.2) is 48.8 Å². The molecule has 0 aliphatic carbocycles. The van der Waals surface area contributed by atoms with Gasteiger partial charge in [-0.15, -0.1) is 0 Å². The minimum Gasteiger partial charge on any atom is -0.326 e. The average molecular weight is 266 g/mol. The molecule has 3 aromatic rings. The summed E-state index contributed by atoms with van der Waals surface area (Å²) in [4.78, 5) is 8.82. The fourth-order valence-corrected chi connectivity index (χ4v) is 2.35. The van der Waals surface area contributed by atoms with E-state index in [1.54, 1.807) is 12.4 Å². The maximum Gasteiger partial charge on any atom is 0.141 e. The molecule has 0 fully saturated rings. The zero-order valence-corrected chi connectivity index (χ0v) is 11.5. The topological polar surface area (TPSA) is 56.7 Å². The van der Waals surface area contributed by atoms with Crippen LogP contribution >= 0.6 is 0 Å². The van der Waals surface area contributed by atoms with E-state index in [0.29, 0.717) is 0 Å². The second kappa shape index (κ2) is 5.43. The van der Waals surface area contributed by atoms with Gasteiger partial charge in [0.1, 0.15) is 5.82 Å². The first-order valence-electron chi connectivity index (χ1n) is 6.91. The van der Waals surface area contributed by atoms with Crippen LogP contribution < -0.4 is 5.73 Å². The van der Waals surface area contributed by atoms with Crippen LogP contribution in [0.4, 0.5) is 0 Å². The summed E-state index contributed by atoms with van der Waals surface area (Å²) in [5.41, 5.74) is 9.34. The summed E-state index contributed by atoms with van der Waals surface area (Å²) < 4.78 is 2.21. The van der Waals surface area contributed by atoms with E-state index in [2.05, 4.69) is 22.5 Å². The molecule has 0 saturated heterocycles. The molecule has 0 spiro atoms. The summed E-state index contributed by atoms with van der Waals surface area (Å²) in [5, 5.41) is 0. The molecule has 2 heterocycles. The first kappa shape index (κ1) is 12.8. The van der Waals surface area contributed by atoms with Gasteiger partial charge in [-0.3, -0.25) is 4.98 Å². The standard InChI is InChI=1S/C16H18N4/c1-2-13(17)11-20-15-6-4-3-5-14(15)19-16(20)12-7-9-18-10-8-12/h3-10,13H,2,11,17H2,1H3. The third kappa shape index (κ3) is 2.30. The van der Waals surface area contributed by atoms with E-state index < -0.39 is 0 Å². The summed E-state index contributed by atoms with van der Waals surface area (Å²) in [7, 11) is 0. The third-order valence-corrected chi connectivity index (χ3v) is 3.53. The largest absolute Gasteiger partial charge is 0.326 e. The maximum atomic E-state index is 6.14. The number of rotatable bonds is 4. The predicted octanol–water partition coefficient (Wildman–Crippen LogP) is 2.84. The number of nitrogens with zero attached hydrogens (tertiary/aromatic N) is 3. The van der Waals surface area contributed by atoms with Crippen LogP contribution in [0, 0.1) is 0 Å². The monoisotopic (exact) mass is 266 g/mol. The molecule has 2 aromatic heterocycles. The molecule has 1 atom stereocenters. The number of hydrogen-bond acceptors (Lipinski definition) is 3. The molecular formula is C16H18N4. The van der Waals surface area contributed by atoms with Gasteiger partial charge in [0.05, 0.1) is 11.0 Å². The number of nitrogens with two attached hydrogens (primary N) is 1. The molecule has 102 valence electrons. The van der Waals surface area contributed by atoms with Crippen LogP contribution in [0.2, 0.25) is 0 Å². The normalized spacial score (nSPS) is 12.7. The highest BCUT2D eigenvalue weighted by Crippen LogP contribution is 2.24. The van der Waals surface area contributed by atoms with Crippen molar-refractivity contribution < 1.29 is 0 Å². The Hall–Kier alpha value is -2.20. The Morgan fingerprint density at radius 3 is 2.65 bits per heavy atom. The van der Waals surface area contributed by atoms with Crippen molar-refractivity contribution in [3.8, 4) is 11.4 Å².